The van der Waals surface area contributed by atoms with Gasteiger partial charge in [-0.3, -0.25) is 4.57 Å². The molecule has 2 aromatic carbocycles. The molecule has 0 amide bonds. The summed E-state index contributed by atoms with van der Waals surface area (Å²) in [5.74, 6) is 0.997. The molecule has 2 heteroatoms. The highest BCUT2D eigenvalue weighted by Crippen LogP contribution is 2.28. The van der Waals surface area contributed by atoms with Crippen molar-refractivity contribution in [2.24, 2.45) is 0 Å². The molecule has 0 atom stereocenters. The van der Waals surface area contributed by atoms with E-state index in [-0.39, 0.29) is 0 Å². The van der Waals surface area contributed by atoms with E-state index >= 15 is 0 Å². The fraction of sp³-hybridized carbons (Fsp3) is 0.136. The highest BCUT2D eigenvalue weighted by molar-refractivity contribution is 5.65. The molecule has 1 aromatic heterocycles. The lowest BCUT2D eigenvalue weighted by Gasteiger charge is -2.11. The highest BCUT2D eigenvalue weighted by Gasteiger charge is 2.17. The predicted octanol–water partition coefficient (Wildman–Crippen LogP) is 5.69. The quantitative estimate of drug-likeness (QED) is 0.594. The number of aromatic nitrogens is 2. The van der Waals surface area contributed by atoms with Crippen molar-refractivity contribution in [2.75, 3.05) is 0 Å². The Balaban J connectivity index is 0.000000815. The van der Waals surface area contributed by atoms with Gasteiger partial charge in [-0.25, -0.2) is 4.98 Å². The SMILES string of the molecule is C1=CCc2c(nc(-c3ccccc3)n2-c2ccccc2)C=C1.CC. The molecule has 0 spiro atoms. The van der Waals surface area contributed by atoms with Crippen LogP contribution in [0.15, 0.2) is 78.9 Å². The lowest BCUT2D eigenvalue weighted by Crippen LogP contribution is -2.02. The standard InChI is InChI=1S/C20H16N2.C2H6/c1-4-10-16(11-5-1)20-21-18-14-8-3-9-15-19(18)22(20)17-12-6-2-7-13-17;1-2/h1-14H,15H2;1-2H3. The van der Waals surface area contributed by atoms with Gasteiger partial charge in [0.2, 0.25) is 0 Å². The third-order valence-corrected chi connectivity index (χ3v) is 3.86. The molecule has 0 saturated carbocycles. The highest BCUT2D eigenvalue weighted by atomic mass is 15.1. The van der Waals surface area contributed by atoms with Crippen LogP contribution in [0.4, 0.5) is 0 Å². The molecular formula is C22H22N2. The van der Waals surface area contributed by atoms with Crippen LogP contribution in [0.5, 0.6) is 0 Å². The van der Waals surface area contributed by atoms with Crippen molar-refractivity contribution in [3.05, 3.63) is 90.3 Å². The summed E-state index contributed by atoms with van der Waals surface area (Å²) in [6, 6.07) is 20.8. The van der Waals surface area contributed by atoms with Gasteiger partial charge in [-0.05, 0) is 18.2 Å². The fourth-order valence-electron chi connectivity index (χ4n) is 2.84. The third kappa shape index (κ3) is 3.09. The molecule has 3 aromatic rings. The van der Waals surface area contributed by atoms with Gasteiger partial charge in [0.25, 0.3) is 0 Å². The molecule has 1 aliphatic rings. The molecule has 1 heterocycles. The first-order chi connectivity index (χ1) is 11.9. The maximum absolute atomic E-state index is 4.89. The first kappa shape index (κ1) is 16.0. The average Bonchev–Trinajstić information content (AvgIpc) is 2.88. The van der Waals surface area contributed by atoms with E-state index in [0.29, 0.717) is 0 Å². The molecule has 1 aliphatic carbocycles. The molecule has 0 bridgehead atoms. The van der Waals surface area contributed by atoms with Crippen LogP contribution < -0.4 is 0 Å². The smallest absolute Gasteiger partial charge is 0.145 e. The molecule has 0 saturated heterocycles. The Labute approximate surface area is 143 Å². The predicted molar refractivity (Wildman–Crippen MR) is 102 cm³/mol. The number of imidazole rings is 1. The fourth-order valence-corrected chi connectivity index (χ4v) is 2.84. The molecule has 4 rings (SSSR count). The van der Waals surface area contributed by atoms with E-state index in [0.717, 1.165) is 29.2 Å². The second-order valence-electron chi connectivity index (χ2n) is 5.30. The topological polar surface area (TPSA) is 17.8 Å². The van der Waals surface area contributed by atoms with Gasteiger partial charge in [0, 0.05) is 17.7 Å². The zero-order valence-corrected chi connectivity index (χ0v) is 14.2. The number of para-hydroxylation sites is 1. The van der Waals surface area contributed by atoms with Crippen LogP contribution in [0.25, 0.3) is 23.2 Å². The van der Waals surface area contributed by atoms with E-state index in [4.69, 9.17) is 4.98 Å². The molecule has 120 valence electrons. The maximum Gasteiger partial charge on any atom is 0.145 e. The van der Waals surface area contributed by atoms with Crippen LogP contribution in [0, 0.1) is 0 Å². The summed E-state index contributed by atoms with van der Waals surface area (Å²) in [5, 5.41) is 0. The van der Waals surface area contributed by atoms with Gasteiger partial charge >= 0.3 is 0 Å². The molecular weight excluding hydrogens is 292 g/mol. The molecule has 0 radical (unpaired) electrons. The van der Waals surface area contributed by atoms with E-state index in [1.807, 2.05) is 26.0 Å². The van der Waals surface area contributed by atoms with Crippen molar-refractivity contribution in [1.82, 2.24) is 9.55 Å². The molecule has 0 unspecified atom stereocenters. The van der Waals surface area contributed by atoms with E-state index in [2.05, 4.69) is 77.4 Å². The number of benzene rings is 2. The van der Waals surface area contributed by atoms with Crippen molar-refractivity contribution in [3.63, 3.8) is 0 Å². The first-order valence-corrected chi connectivity index (χ1v) is 8.49. The minimum absolute atomic E-state index is 0.886. The second kappa shape index (κ2) is 7.60. The molecule has 24 heavy (non-hydrogen) atoms. The normalized spacial score (nSPS) is 12.1. The van der Waals surface area contributed by atoms with Crippen molar-refractivity contribution >= 4 is 6.08 Å². The summed E-state index contributed by atoms with van der Waals surface area (Å²) < 4.78 is 2.27. The number of hydrogen-bond acceptors (Lipinski definition) is 1. The largest absolute Gasteiger partial charge is 0.296 e. The van der Waals surface area contributed by atoms with E-state index in [1.165, 1.54) is 5.69 Å². The minimum Gasteiger partial charge on any atom is -0.296 e. The Morgan fingerprint density at radius 3 is 2.21 bits per heavy atom. The van der Waals surface area contributed by atoms with Gasteiger partial charge in [0.05, 0.1) is 11.4 Å². The van der Waals surface area contributed by atoms with Gasteiger partial charge in [0.15, 0.2) is 0 Å². The van der Waals surface area contributed by atoms with Gasteiger partial charge in [-0.1, -0.05) is 80.6 Å². The Bertz CT molecular complexity index is 840. The molecule has 2 nitrogen and oxygen atoms in total. The Morgan fingerprint density at radius 1 is 0.833 bits per heavy atom. The lowest BCUT2D eigenvalue weighted by atomic mass is 10.2. The zero-order chi connectivity index (χ0) is 16.8. The van der Waals surface area contributed by atoms with Gasteiger partial charge in [0.1, 0.15) is 5.82 Å². The third-order valence-electron chi connectivity index (χ3n) is 3.86. The second-order valence-corrected chi connectivity index (χ2v) is 5.30. The van der Waals surface area contributed by atoms with Crippen molar-refractivity contribution in [3.8, 4) is 17.1 Å². The van der Waals surface area contributed by atoms with Gasteiger partial charge in [-0.2, -0.15) is 0 Å². The Hall–Kier alpha value is -2.87. The maximum atomic E-state index is 4.89. The number of rotatable bonds is 2. The summed E-state index contributed by atoms with van der Waals surface area (Å²) in [4.78, 5) is 4.89. The summed E-state index contributed by atoms with van der Waals surface area (Å²) >= 11 is 0. The van der Waals surface area contributed by atoms with E-state index in [1.54, 1.807) is 0 Å². The zero-order valence-electron chi connectivity index (χ0n) is 14.2. The average molecular weight is 314 g/mol. The number of nitrogens with zero attached hydrogens (tertiary/aromatic N) is 2. The minimum atomic E-state index is 0.886. The van der Waals surface area contributed by atoms with E-state index in [9.17, 15) is 0 Å². The summed E-state index contributed by atoms with van der Waals surface area (Å²) in [6.07, 6.45) is 9.29. The summed E-state index contributed by atoms with van der Waals surface area (Å²) in [6.45, 7) is 4.00. The molecule has 0 N–H and O–H groups in total. The van der Waals surface area contributed by atoms with Gasteiger partial charge in [-0.15, -0.1) is 0 Å². The van der Waals surface area contributed by atoms with Crippen LogP contribution in [-0.2, 0) is 6.42 Å². The molecule has 0 aliphatic heterocycles. The monoisotopic (exact) mass is 314 g/mol. The van der Waals surface area contributed by atoms with Gasteiger partial charge < -0.3 is 0 Å². The summed E-state index contributed by atoms with van der Waals surface area (Å²) in [5.41, 5.74) is 4.57. The van der Waals surface area contributed by atoms with Crippen molar-refractivity contribution < 1.29 is 0 Å². The van der Waals surface area contributed by atoms with Crippen LogP contribution in [0.2, 0.25) is 0 Å². The number of allylic oxidation sites excluding steroid dienone is 3. The first-order valence-electron chi connectivity index (χ1n) is 8.49. The lowest BCUT2D eigenvalue weighted by molar-refractivity contribution is 0.975. The Kier molecular flexibility index (Phi) is 5.07. The van der Waals surface area contributed by atoms with E-state index < -0.39 is 0 Å². The van der Waals surface area contributed by atoms with Crippen LogP contribution in [0.1, 0.15) is 25.2 Å². The van der Waals surface area contributed by atoms with Crippen LogP contribution in [-0.4, -0.2) is 9.55 Å². The van der Waals surface area contributed by atoms with Crippen LogP contribution >= 0.6 is 0 Å². The summed E-state index contributed by atoms with van der Waals surface area (Å²) in [7, 11) is 0. The van der Waals surface area contributed by atoms with Crippen LogP contribution in [0.3, 0.4) is 0 Å². The van der Waals surface area contributed by atoms with Crippen molar-refractivity contribution in [2.45, 2.75) is 20.3 Å². The van der Waals surface area contributed by atoms with Crippen molar-refractivity contribution in [1.29, 1.82) is 0 Å². The molecule has 0 fully saturated rings. The number of fused-ring (bicyclic) bond motifs is 1. The number of hydrogen-bond donors (Lipinski definition) is 0. The Morgan fingerprint density at radius 2 is 1.50 bits per heavy atom.